The molecule has 1 heterocycles. The third kappa shape index (κ3) is 2.88. The molecule has 0 aliphatic carbocycles. The Kier molecular flexibility index (Phi) is 3.36. The number of halogens is 3. The molecule has 1 N–H and O–H groups in total. The number of aliphatic hydroxyl groups is 1. The number of hydrogen-bond acceptors (Lipinski definition) is 3. The van der Waals surface area contributed by atoms with E-state index in [1.807, 2.05) is 4.90 Å². The van der Waals surface area contributed by atoms with Crippen molar-refractivity contribution in [1.82, 2.24) is 4.90 Å². The van der Waals surface area contributed by atoms with Crippen LogP contribution in [0.15, 0.2) is 30.5 Å². The molecule has 18 heavy (non-hydrogen) atoms. The number of aliphatic hydroxyl groups excluding tert-OH is 1. The van der Waals surface area contributed by atoms with Gasteiger partial charge in [-0.2, -0.15) is 0 Å². The van der Waals surface area contributed by atoms with E-state index in [1.54, 1.807) is 6.07 Å². The van der Waals surface area contributed by atoms with Crippen molar-refractivity contribution in [2.45, 2.75) is 12.8 Å². The molecule has 6 heteroatoms. The first-order valence-corrected chi connectivity index (χ1v) is 5.45. The minimum absolute atomic E-state index is 0.292. The third-order valence-corrected chi connectivity index (χ3v) is 2.68. The van der Waals surface area contributed by atoms with Crippen LogP contribution in [-0.4, -0.2) is 29.5 Å². The second-order valence-electron chi connectivity index (χ2n) is 3.93. The maximum atomic E-state index is 12.1. The molecule has 1 aliphatic heterocycles. The summed E-state index contributed by atoms with van der Waals surface area (Å²) in [6.45, 7) is 1.58. The molecule has 3 nitrogen and oxygen atoms in total. The minimum Gasteiger partial charge on any atom is -0.513 e. The van der Waals surface area contributed by atoms with Crippen LogP contribution in [0.1, 0.15) is 12.0 Å². The highest BCUT2D eigenvalue weighted by atomic mass is 19.4. The van der Waals surface area contributed by atoms with Crippen LogP contribution in [-0.2, 0) is 0 Å². The lowest BCUT2D eigenvalue weighted by atomic mass is 10.1. The van der Waals surface area contributed by atoms with Gasteiger partial charge in [0.05, 0.1) is 5.70 Å². The topological polar surface area (TPSA) is 32.7 Å². The van der Waals surface area contributed by atoms with E-state index in [4.69, 9.17) is 0 Å². The maximum absolute atomic E-state index is 12.1. The third-order valence-electron chi connectivity index (χ3n) is 2.68. The summed E-state index contributed by atoms with van der Waals surface area (Å²) >= 11 is 0. The van der Waals surface area contributed by atoms with Crippen molar-refractivity contribution >= 4 is 5.70 Å². The Hall–Kier alpha value is -1.85. The standard InChI is InChI=1S/C12H12F3NO2/c13-12(14,15)18-10-4-1-3-9(7-10)11(8-17)16-5-2-6-16/h1,3-4,7-8,17H,2,5-6H2. The number of ether oxygens (including phenoxy) is 1. The molecule has 0 saturated carbocycles. The predicted octanol–water partition coefficient (Wildman–Crippen LogP) is 3.15. The molecule has 0 bridgehead atoms. The normalized spacial score (nSPS) is 16.4. The van der Waals surface area contributed by atoms with Crippen LogP contribution in [0.25, 0.3) is 5.70 Å². The summed E-state index contributed by atoms with van der Waals surface area (Å²) < 4.78 is 40.1. The zero-order valence-electron chi connectivity index (χ0n) is 9.44. The molecular formula is C12H12F3NO2. The second-order valence-corrected chi connectivity index (χ2v) is 3.93. The van der Waals surface area contributed by atoms with Gasteiger partial charge in [-0.05, 0) is 18.6 Å². The smallest absolute Gasteiger partial charge is 0.513 e. The van der Waals surface area contributed by atoms with Crippen LogP contribution in [0.5, 0.6) is 5.75 Å². The first-order chi connectivity index (χ1) is 8.49. The van der Waals surface area contributed by atoms with E-state index < -0.39 is 6.36 Å². The fourth-order valence-electron chi connectivity index (χ4n) is 1.75. The van der Waals surface area contributed by atoms with E-state index in [-0.39, 0.29) is 5.75 Å². The molecule has 0 spiro atoms. The van der Waals surface area contributed by atoms with Gasteiger partial charge < -0.3 is 14.7 Å². The molecule has 1 aromatic carbocycles. The van der Waals surface area contributed by atoms with Gasteiger partial charge in [0.2, 0.25) is 0 Å². The molecule has 1 fully saturated rings. The molecule has 0 atom stereocenters. The van der Waals surface area contributed by atoms with Crippen LogP contribution in [0, 0.1) is 0 Å². The van der Waals surface area contributed by atoms with Crippen LogP contribution in [0.2, 0.25) is 0 Å². The van der Waals surface area contributed by atoms with Gasteiger partial charge in [0.25, 0.3) is 0 Å². The number of nitrogens with zero attached hydrogens (tertiary/aromatic N) is 1. The van der Waals surface area contributed by atoms with E-state index in [2.05, 4.69) is 4.74 Å². The van der Waals surface area contributed by atoms with Crippen LogP contribution < -0.4 is 4.74 Å². The van der Waals surface area contributed by atoms with E-state index in [0.717, 1.165) is 25.8 Å². The van der Waals surface area contributed by atoms with E-state index in [9.17, 15) is 18.3 Å². The average molecular weight is 259 g/mol. The minimum atomic E-state index is -4.71. The van der Waals surface area contributed by atoms with E-state index >= 15 is 0 Å². The zero-order chi connectivity index (χ0) is 13.2. The monoisotopic (exact) mass is 259 g/mol. The summed E-state index contributed by atoms with van der Waals surface area (Å²) in [6, 6.07) is 5.57. The molecule has 0 unspecified atom stereocenters. The molecule has 0 aromatic heterocycles. The summed E-state index contributed by atoms with van der Waals surface area (Å²) in [7, 11) is 0. The summed E-state index contributed by atoms with van der Waals surface area (Å²) in [5, 5.41) is 9.17. The van der Waals surface area contributed by atoms with Crippen molar-refractivity contribution in [3.8, 4) is 5.75 Å². The Morgan fingerprint density at radius 1 is 1.33 bits per heavy atom. The molecule has 0 radical (unpaired) electrons. The van der Waals surface area contributed by atoms with Crippen LogP contribution in [0.4, 0.5) is 13.2 Å². The predicted molar refractivity (Wildman–Crippen MR) is 59.9 cm³/mol. The largest absolute Gasteiger partial charge is 0.573 e. The van der Waals surface area contributed by atoms with Gasteiger partial charge in [0.15, 0.2) is 0 Å². The lowest BCUT2D eigenvalue weighted by Crippen LogP contribution is -2.35. The highest BCUT2D eigenvalue weighted by Gasteiger charge is 2.31. The van der Waals surface area contributed by atoms with Crippen molar-refractivity contribution in [2.75, 3.05) is 13.1 Å². The molecule has 0 amide bonds. The molecule has 1 aromatic rings. The van der Waals surface area contributed by atoms with Gasteiger partial charge in [-0.25, -0.2) is 0 Å². The lowest BCUT2D eigenvalue weighted by molar-refractivity contribution is -0.274. The summed E-state index contributed by atoms with van der Waals surface area (Å²) in [5.74, 6) is -0.292. The quantitative estimate of drug-likeness (QED) is 0.846. The number of hydrogen-bond donors (Lipinski definition) is 1. The molecule has 98 valence electrons. The highest BCUT2D eigenvalue weighted by Crippen LogP contribution is 2.29. The number of benzene rings is 1. The molecule has 1 aliphatic rings. The Morgan fingerprint density at radius 2 is 2.06 bits per heavy atom. The molecule has 2 rings (SSSR count). The Morgan fingerprint density at radius 3 is 2.56 bits per heavy atom. The number of alkyl halides is 3. The first-order valence-electron chi connectivity index (χ1n) is 5.45. The van der Waals surface area contributed by atoms with Gasteiger partial charge in [-0.15, -0.1) is 13.2 Å². The van der Waals surface area contributed by atoms with Gasteiger partial charge in [-0.1, -0.05) is 12.1 Å². The van der Waals surface area contributed by atoms with Gasteiger partial charge in [0, 0.05) is 18.7 Å². The van der Waals surface area contributed by atoms with Crippen molar-refractivity contribution in [2.24, 2.45) is 0 Å². The van der Waals surface area contributed by atoms with Crippen molar-refractivity contribution < 1.29 is 23.0 Å². The second kappa shape index (κ2) is 4.80. The van der Waals surface area contributed by atoms with E-state index in [1.165, 1.54) is 18.2 Å². The van der Waals surface area contributed by atoms with Crippen molar-refractivity contribution in [1.29, 1.82) is 0 Å². The summed E-state index contributed by atoms with van der Waals surface area (Å²) in [5.41, 5.74) is 1.01. The first kappa shape index (κ1) is 12.6. The number of rotatable bonds is 3. The lowest BCUT2D eigenvalue weighted by Gasteiger charge is -2.34. The molecule has 1 saturated heterocycles. The average Bonchev–Trinajstić information content (AvgIpc) is 2.21. The van der Waals surface area contributed by atoms with Gasteiger partial charge in [-0.3, -0.25) is 0 Å². The van der Waals surface area contributed by atoms with Gasteiger partial charge >= 0.3 is 6.36 Å². The summed E-state index contributed by atoms with van der Waals surface area (Å²) in [4.78, 5) is 1.88. The fraction of sp³-hybridized carbons (Fsp3) is 0.333. The van der Waals surface area contributed by atoms with E-state index in [0.29, 0.717) is 11.3 Å². The van der Waals surface area contributed by atoms with Crippen molar-refractivity contribution in [3.63, 3.8) is 0 Å². The fourth-order valence-corrected chi connectivity index (χ4v) is 1.75. The summed E-state index contributed by atoms with van der Waals surface area (Å²) in [6.07, 6.45) is -2.79. The molecular weight excluding hydrogens is 247 g/mol. The Bertz CT molecular complexity index is 453. The van der Waals surface area contributed by atoms with Crippen LogP contribution >= 0.6 is 0 Å². The number of likely N-dealkylation sites (tertiary alicyclic amines) is 1. The highest BCUT2D eigenvalue weighted by molar-refractivity contribution is 5.64. The maximum Gasteiger partial charge on any atom is 0.573 e. The van der Waals surface area contributed by atoms with Crippen LogP contribution in [0.3, 0.4) is 0 Å². The Balaban J connectivity index is 2.20. The Labute approximate surface area is 102 Å². The SMILES string of the molecule is OC=C(c1cccc(OC(F)(F)F)c1)N1CCC1. The van der Waals surface area contributed by atoms with Gasteiger partial charge in [0.1, 0.15) is 12.0 Å². The van der Waals surface area contributed by atoms with Crippen molar-refractivity contribution in [3.05, 3.63) is 36.1 Å². The zero-order valence-corrected chi connectivity index (χ0v) is 9.44.